The molecule has 0 amide bonds. The summed E-state index contributed by atoms with van der Waals surface area (Å²) in [5.41, 5.74) is 2.12. The lowest BCUT2D eigenvalue weighted by Gasteiger charge is -2.09. The van der Waals surface area contributed by atoms with Crippen molar-refractivity contribution in [3.8, 4) is 5.75 Å². The van der Waals surface area contributed by atoms with E-state index in [0.717, 1.165) is 22.8 Å². The van der Waals surface area contributed by atoms with Crippen molar-refractivity contribution < 1.29 is 4.74 Å². The predicted octanol–water partition coefficient (Wildman–Crippen LogP) is 4.61. The van der Waals surface area contributed by atoms with E-state index in [-0.39, 0.29) is 0 Å². The van der Waals surface area contributed by atoms with Gasteiger partial charge in [-0.2, -0.15) is 0 Å². The van der Waals surface area contributed by atoms with Gasteiger partial charge in [-0.05, 0) is 29.8 Å². The van der Waals surface area contributed by atoms with Gasteiger partial charge in [0.15, 0.2) is 0 Å². The van der Waals surface area contributed by atoms with E-state index in [1.54, 1.807) is 7.11 Å². The van der Waals surface area contributed by atoms with Crippen LogP contribution in [0.15, 0.2) is 42.5 Å². The Morgan fingerprint density at radius 1 is 1.06 bits per heavy atom. The molecular weight excluding hydrogens is 269 g/mol. The summed E-state index contributed by atoms with van der Waals surface area (Å²) >= 11 is 11.8. The fraction of sp³-hybridized carbons (Fsp3) is 0.143. The summed E-state index contributed by atoms with van der Waals surface area (Å²) in [7, 11) is 1.60. The highest BCUT2D eigenvalue weighted by atomic mass is 35.5. The Morgan fingerprint density at radius 2 is 1.78 bits per heavy atom. The third kappa shape index (κ3) is 3.31. The summed E-state index contributed by atoms with van der Waals surface area (Å²) in [5, 5.41) is 4.65. The summed E-state index contributed by atoms with van der Waals surface area (Å²) in [6.45, 7) is 0.724. The van der Waals surface area contributed by atoms with Crippen LogP contribution in [0, 0.1) is 0 Å². The van der Waals surface area contributed by atoms with Crippen molar-refractivity contribution in [1.29, 1.82) is 0 Å². The van der Waals surface area contributed by atoms with Crippen molar-refractivity contribution in [2.75, 3.05) is 12.4 Å². The summed E-state index contributed by atoms with van der Waals surface area (Å²) in [6, 6.07) is 13.3. The molecule has 4 heteroatoms. The summed E-state index contributed by atoms with van der Waals surface area (Å²) in [5.74, 6) is 0.665. The zero-order valence-corrected chi connectivity index (χ0v) is 11.4. The maximum atomic E-state index is 5.96. The van der Waals surface area contributed by atoms with Gasteiger partial charge in [0.05, 0.1) is 12.1 Å². The second kappa shape index (κ2) is 5.98. The lowest BCUT2D eigenvalue weighted by atomic mass is 10.2. The molecule has 0 heterocycles. The first-order chi connectivity index (χ1) is 8.69. The van der Waals surface area contributed by atoms with Gasteiger partial charge in [0.2, 0.25) is 0 Å². The summed E-state index contributed by atoms with van der Waals surface area (Å²) in [4.78, 5) is 0. The van der Waals surface area contributed by atoms with Crippen molar-refractivity contribution in [2.45, 2.75) is 6.54 Å². The van der Waals surface area contributed by atoms with Crippen LogP contribution in [0.5, 0.6) is 5.75 Å². The van der Waals surface area contributed by atoms with Crippen LogP contribution in [0.1, 0.15) is 5.56 Å². The van der Waals surface area contributed by atoms with E-state index in [0.29, 0.717) is 10.8 Å². The number of hydrogen-bond donors (Lipinski definition) is 1. The van der Waals surface area contributed by atoms with Gasteiger partial charge in [-0.3, -0.25) is 0 Å². The minimum absolute atomic E-state index is 0.606. The van der Waals surface area contributed by atoms with Crippen LogP contribution in [0.4, 0.5) is 5.69 Å². The maximum absolute atomic E-state index is 5.96. The molecule has 0 bridgehead atoms. The molecule has 2 aromatic carbocycles. The SMILES string of the molecule is COc1cc(NCc2ccc(Cl)cc2)ccc1Cl. The lowest BCUT2D eigenvalue weighted by molar-refractivity contribution is 0.415. The molecule has 0 atom stereocenters. The molecule has 2 aromatic rings. The summed E-state index contributed by atoms with van der Waals surface area (Å²) < 4.78 is 5.16. The average molecular weight is 282 g/mol. The molecule has 18 heavy (non-hydrogen) atoms. The number of anilines is 1. The molecule has 0 aromatic heterocycles. The van der Waals surface area contributed by atoms with Crippen molar-refractivity contribution in [2.24, 2.45) is 0 Å². The molecule has 0 spiro atoms. The highest BCUT2D eigenvalue weighted by Gasteiger charge is 2.01. The van der Waals surface area contributed by atoms with Crippen LogP contribution < -0.4 is 10.1 Å². The van der Waals surface area contributed by atoms with E-state index in [4.69, 9.17) is 27.9 Å². The third-order valence-electron chi connectivity index (χ3n) is 2.56. The molecule has 2 rings (SSSR count). The lowest BCUT2D eigenvalue weighted by Crippen LogP contribution is -1.99. The molecule has 2 nitrogen and oxygen atoms in total. The van der Waals surface area contributed by atoms with Crippen LogP contribution in [0.2, 0.25) is 10.0 Å². The number of rotatable bonds is 4. The molecule has 0 unspecified atom stereocenters. The molecule has 94 valence electrons. The van der Waals surface area contributed by atoms with Crippen LogP contribution in [-0.4, -0.2) is 7.11 Å². The number of ether oxygens (including phenoxy) is 1. The zero-order chi connectivity index (χ0) is 13.0. The maximum Gasteiger partial charge on any atom is 0.139 e. The fourth-order valence-electron chi connectivity index (χ4n) is 1.58. The Hall–Kier alpha value is -1.38. The molecule has 0 fully saturated rings. The van der Waals surface area contributed by atoms with Crippen LogP contribution in [-0.2, 0) is 6.54 Å². The summed E-state index contributed by atoms with van der Waals surface area (Å²) in [6.07, 6.45) is 0. The first-order valence-electron chi connectivity index (χ1n) is 5.51. The van der Waals surface area contributed by atoms with Crippen LogP contribution in [0.3, 0.4) is 0 Å². The second-order valence-electron chi connectivity index (χ2n) is 3.83. The largest absolute Gasteiger partial charge is 0.495 e. The Bertz CT molecular complexity index is 526. The molecule has 0 saturated carbocycles. The first kappa shape index (κ1) is 13.1. The molecule has 0 aliphatic rings. The van der Waals surface area contributed by atoms with Gasteiger partial charge < -0.3 is 10.1 Å². The first-order valence-corrected chi connectivity index (χ1v) is 6.26. The second-order valence-corrected chi connectivity index (χ2v) is 4.67. The van der Waals surface area contributed by atoms with Gasteiger partial charge >= 0.3 is 0 Å². The Balaban J connectivity index is 2.04. The topological polar surface area (TPSA) is 21.3 Å². The van der Waals surface area contributed by atoms with Gasteiger partial charge in [0.25, 0.3) is 0 Å². The Morgan fingerprint density at radius 3 is 2.44 bits per heavy atom. The van der Waals surface area contributed by atoms with Crippen molar-refractivity contribution in [3.63, 3.8) is 0 Å². The Labute approximate surface area is 116 Å². The number of halogens is 2. The van der Waals surface area contributed by atoms with Gasteiger partial charge in [0.1, 0.15) is 5.75 Å². The molecule has 0 saturated heterocycles. The highest BCUT2D eigenvalue weighted by molar-refractivity contribution is 6.32. The van der Waals surface area contributed by atoms with Crippen LogP contribution in [0.25, 0.3) is 0 Å². The molecule has 0 radical (unpaired) electrons. The minimum atomic E-state index is 0.606. The van der Waals surface area contributed by atoms with Crippen molar-refractivity contribution in [3.05, 3.63) is 58.1 Å². The van der Waals surface area contributed by atoms with E-state index in [1.807, 2.05) is 42.5 Å². The van der Waals surface area contributed by atoms with Crippen molar-refractivity contribution >= 4 is 28.9 Å². The van der Waals surface area contributed by atoms with E-state index in [9.17, 15) is 0 Å². The van der Waals surface area contributed by atoms with E-state index >= 15 is 0 Å². The van der Waals surface area contributed by atoms with Gasteiger partial charge in [-0.25, -0.2) is 0 Å². The predicted molar refractivity (Wildman–Crippen MR) is 76.8 cm³/mol. The monoisotopic (exact) mass is 281 g/mol. The number of methoxy groups -OCH3 is 1. The smallest absolute Gasteiger partial charge is 0.139 e. The quantitative estimate of drug-likeness (QED) is 0.883. The standard InChI is InChI=1S/C14H13Cl2NO/c1-18-14-8-12(6-7-13(14)16)17-9-10-2-4-11(15)5-3-10/h2-8,17H,9H2,1H3. The zero-order valence-electron chi connectivity index (χ0n) is 9.91. The van der Waals surface area contributed by atoms with E-state index in [2.05, 4.69) is 5.32 Å². The minimum Gasteiger partial charge on any atom is -0.495 e. The van der Waals surface area contributed by atoms with Crippen LogP contribution >= 0.6 is 23.2 Å². The number of hydrogen-bond acceptors (Lipinski definition) is 2. The Kier molecular flexibility index (Phi) is 4.34. The fourth-order valence-corrected chi connectivity index (χ4v) is 1.90. The normalized spacial score (nSPS) is 10.2. The average Bonchev–Trinajstić information content (AvgIpc) is 2.39. The van der Waals surface area contributed by atoms with Gasteiger partial charge in [-0.15, -0.1) is 0 Å². The van der Waals surface area contributed by atoms with E-state index < -0.39 is 0 Å². The molecule has 0 aliphatic carbocycles. The third-order valence-corrected chi connectivity index (χ3v) is 3.13. The molecular formula is C14H13Cl2NO. The molecule has 1 N–H and O–H groups in total. The molecule has 0 aliphatic heterocycles. The highest BCUT2D eigenvalue weighted by Crippen LogP contribution is 2.27. The van der Waals surface area contributed by atoms with Gasteiger partial charge in [-0.1, -0.05) is 35.3 Å². The van der Waals surface area contributed by atoms with Gasteiger partial charge in [0, 0.05) is 23.3 Å². The van der Waals surface area contributed by atoms with Crippen molar-refractivity contribution in [1.82, 2.24) is 0 Å². The van der Waals surface area contributed by atoms with E-state index in [1.165, 1.54) is 0 Å². The number of benzene rings is 2. The number of nitrogens with one attached hydrogen (secondary N) is 1.